The number of hydrogen-bond donors (Lipinski definition) is 1. The molecule has 2 saturated carbocycles. The molecule has 0 spiro atoms. The van der Waals surface area contributed by atoms with E-state index in [4.69, 9.17) is 9.47 Å². The Morgan fingerprint density at radius 2 is 1.65 bits per heavy atom. The lowest BCUT2D eigenvalue weighted by atomic mass is 9.87. The molecule has 3 aliphatic rings. The number of sulfone groups is 1. The first-order valence-electron chi connectivity index (χ1n) is 11.3. The molecule has 1 heterocycles. The number of piperidine rings is 1. The molecule has 1 N–H and O–H groups in total. The second-order valence-electron chi connectivity index (χ2n) is 9.69. The Morgan fingerprint density at radius 1 is 1.03 bits per heavy atom. The Labute approximate surface area is 184 Å². The van der Waals surface area contributed by atoms with E-state index in [1.165, 1.54) is 6.26 Å². The van der Waals surface area contributed by atoms with Gasteiger partial charge < -0.3 is 19.5 Å². The Morgan fingerprint density at radius 3 is 2.19 bits per heavy atom. The number of rotatable bonds is 6. The molecule has 2 atom stereocenters. The van der Waals surface area contributed by atoms with Crippen molar-refractivity contribution in [2.75, 3.05) is 12.8 Å². The maximum absolute atomic E-state index is 11.6. The largest absolute Gasteiger partial charge is 0.490 e. The summed E-state index contributed by atoms with van der Waals surface area (Å²) in [4.78, 5) is 13.6. The summed E-state index contributed by atoms with van der Waals surface area (Å²) in [5, 5.41) is 9.55. The number of carbonyl (C=O) groups is 1. The van der Waals surface area contributed by atoms with Gasteiger partial charge in [0.2, 0.25) is 0 Å². The van der Waals surface area contributed by atoms with Crippen molar-refractivity contribution in [1.82, 2.24) is 4.90 Å². The van der Waals surface area contributed by atoms with Crippen molar-refractivity contribution < 1.29 is 27.8 Å². The highest BCUT2D eigenvalue weighted by molar-refractivity contribution is 7.90. The van der Waals surface area contributed by atoms with E-state index in [1.807, 2.05) is 0 Å². The first kappa shape index (κ1) is 22.4. The summed E-state index contributed by atoms with van der Waals surface area (Å²) >= 11 is 0. The van der Waals surface area contributed by atoms with Crippen LogP contribution in [0, 0.1) is 5.41 Å². The average Bonchev–Trinajstić information content (AvgIpc) is 3.48. The number of hydrogen-bond acceptors (Lipinski definition) is 5. The third kappa shape index (κ3) is 5.34. The molecule has 1 aliphatic heterocycles. The molecule has 2 aliphatic carbocycles. The minimum Gasteiger partial charge on any atom is -0.490 e. The van der Waals surface area contributed by atoms with Crippen LogP contribution in [-0.2, 0) is 14.6 Å². The van der Waals surface area contributed by atoms with E-state index in [9.17, 15) is 18.3 Å². The zero-order valence-corrected chi connectivity index (χ0v) is 19.1. The average molecular weight is 452 g/mol. The van der Waals surface area contributed by atoms with Crippen LogP contribution >= 0.6 is 0 Å². The fourth-order valence-corrected chi connectivity index (χ4v) is 5.62. The number of likely N-dealkylation sites (tertiary alicyclic amines) is 1. The highest BCUT2D eigenvalue weighted by Crippen LogP contribution is 2.52. The van der Waals surface area contributed by atoms with Gasteiger partial charge in [-0.1, -0.05) is 6.92 Å². The lowest BCUT2D eigenvalue weighted by Crippen LogP contribution is -2.51. The van der Waals surface area contributed by atoms with Gasteiger partial charge >= 0.3 is 6.09 Å². The molecule has 1 aromatic carbocycles. The number of nitrogens with zero attached hydrogens (tertiary/aromatic N) is 1. The maximum atomic E-state index is 11.6. The van der Waals surface area contributed by atoms with Crippen LogP contribution in [0.1, 0.15) is 58.3 Å². The second-order valence-corrected chi connectivity index (χ2v) is 11.7. The molecule has 8 heteroatoms. The van der Waals surface area contributed by atoms with Crippen LogP contribution in [0.4, 0.5) is 4.79 Å². The monoisotopic (exact) mass is 451 g/mol. The smallest absolute Gasteiger partial charge is 0.407 e. The Balaban J connectivity index is 1.25. The molecular weight excluding hydrogens is 418 g/mol. The van der Waals surface area contributed by atoms with E-state index < -0.39 is 15.9 Å². The molecular formula is C23H33NO6S. The maximum Gasteiger partial charge on any atom is 0.407 e. The van der Waals surface area contributed by atoms with Crippen molar-refractivity contribution in [2.24, 2.45) is 5.41 Å². The van der Waals surface area contributed by atoms with Crippen LogP contribution in [0.15, 0.2) is 29.2 Å². The van der Waals surface area contributed by atoms with Crippen LogP contribution in [0.2, 0.25) is 0 Å². The number of benzene rings is 1. The fraction of sp³-hybridized carbons (Fsp3) is 0.696. The van der Waals surface area contributed by atoms with Gasteiger partial charge in [-0.05, 0) is 81.0 Å². The van der Waals surface area contributed by atoms with E-state index in [1.54, 1.807) is 29.2 Å². The Kier molecular flexibility index (Phi) is 6.23. The third-order valence-electron chi connectivity index (χ3n) is 7.20. The zero-order valence-electron chi connectivity index (χ0n) is 18.3. The van der Waals surface area contributed by atoms with E-state index in [2.05, 4.69) is 6.92 Å². The lowest BCUT2D eigenvalue weighted by molar-refractivity contribution is -0.0810. The van der Waals surface area contributed by atoms with Crippen molar-refractivity contribution >= 4 is 15.9 Å². The summed E-state index contributed by atoms with van der Waals surface area (Å²) in [5.41, 5.74) is 0.124. The summed E-state index contributed by atoms with van der Waals surface area (Å²) in [6.45, 7) is 2.75. The predicted octanol–water partition coefficient (Wildman–Crippen LogP) is 4.11. The molecule has 1 aromatic rings. The van der Waals surface area contributed by atoms with Crippen LogP contribution in [0.3, 0.4) is 0 Å². The van der Waals surface area contributed by atoms with Crippen molar-refractivity contribution in [2.45, 2.75) is 87.5 Å². The summed E-state index contributed by atoms with van der Waals surface area (Å²) < 4.78 is 35.6. The normalized spacial score (nSPS) is 30.6. The van der Waals surface area contributed by atoms with Gasteiger partial charge in [0.15, 0.2) is 9.84 Å². The number of amides is 1. The van der Waals surface area contributed by atoms with E-state index in [0.29, 0.717) is 17.2 Å². The first-order chi connectivity index (χ1) is 14.6. The van der Waals surface area contributed by atoms with Crippen molar-refractivity contribution in [3.8, 4) is 5.75 Å². The molecule has 31 heavy (non-hydrogen) atoms. The SMILES string of the molecule is CC1(C2CC(OC3CCC(Oc4ccc(S(C)(=O)=O)cc4)CC3)CCN2C(=O)O)CC1. The van der Waals surface area contributed by atoms with E-state index >= 15 is 0 Å². The van der Waals surface area contributed by atoms with Crippen LogP contribution < -0.4 is 4.74 Å². The lowest BCUT2D eigenvalue weighted by Gasteiger charge is -2.42. The van der Waals surface area contributed by atoms with Gasteiger partial charge in [0, 0.05) is 18.8 Å². The fourth-order valence-electron chi connectivity index (χ4n) is 4.99. The highest BCUT2D eigenvalue weighted by Gasteiger charge is 2.51. The molecule has 1 amide bonds. The van der Waals surface area contributed by atoms with Crippen molar-refractivity contribution in [3.05, 3.63) is 24.3 Å². The van der Waals surface area contributed by atoms with Gasteiger partial charge in [-0.2, -0.15) is 0 Å². The summed E-state index contributed by atoms with van der Waals surface area (Å²) in [6.07, 6.45) is 8.22. The topological polar surface area (TPSA) is 93.1 Å². The summed E-state index contributed by atoms with van der Waals surface area (Å²) in [6, 6.07) is 6.67. The third-order valence-corrected chi connectivity index (χ3v) is 8.33. The van der Waals surface area contributed by atoms with Gasteiger partial charge in [-0.15, -0.1) is 0 Å². The molecule has 4 rings (SSSR count). The van der Waals surface area contributed by atoms with Gasteiger partial charge in [-0.3, -0.25) is 0 Å². The van der Waals surface area contributed by atoms with Gasteiger partial charge in [0.05, 0.1) is 23.2 Å². The molecule has 3 fully saturated rings. The van der Waals surface area contributed by atoms with Gasteiger partial charge in [0.25, 0.3) is 0 Å². The standard InChI is InChI=1S/C23H33NO6S/c1-23(12-13-23)21-15-19(11-14-24(21)22(25)26)30-17-5-3-16(4-6-17)29-18-7-9-20(10-8-18)31(2,27)28/h7-10,16-17,19,21H,3-6,11-15H2,1-2H3,(H,25,26). The van der Waals surface area contributed by atoms with Crippen LogP contribution in [0.25, 0.3) is 0 Å². The number of carboxylic acid groups (broad SMARTS) is 1. The second kappa shape index (κ2) is 8.62. The predicted molar refractivity (Wildman–Crippen MR) is 116 cm³/mol. The van der Waals surface area contributed by atoms with Gasteiger partial charge in [0.1, 0.15) is 5.75 Å². The zero-order chi connectivity index (χ0) is 22.2. The van der Waals surface area contributed by atoms with Gasteiger partial charge in [-0.25, -0.2) is 13.2 Å². The highest BCUT2D eigenvalue weighted by atomic mass is 32.2. The Bertz CT molecular complexity index is 887. The Hall–Kier alpha value is -1.80. The summed E-state index contributed by atoms with van der Waals surface area (Å²) in [5.74, 6) is 0.693. The quantitative estimate of drug-likeness (QED) is 0.700. The van der Waals surface area contributed by atoms with Crippen molar-refractivity contribution in [3.63, 3.8) is 0 Å². The summed E-state index contributed by atoms with van der Waals surface area (Å²) in [7, 11) is -3.20. The first-order valence-corrected chi connectivity index (χ1v) is 13.1. The molecule has 1 saturated heterocycles. The van der Waals surface area contributed by atoms with Crippen molar-refractivity contribution in [1.29, 1.82) is 0 Å². The van der Waals surface area contributed by atoms with E-state index in [-0.39, 0.29) is 29.8 Å². The molecule has 7 nitrogen and oxygen atoms in total. The number of ether oxygens (including phenoxy) is 2. The molecule has 0 radical (unpaired) electrons. The van der Waals surface area contributed by atoms with Crippen LogP contribution in [0.5, 0.6) is 5.75 Å². The minimum absolute atomic E-state index is 0.0679. The van der Waals surface area contributed by atoms with Crippen LogP contribution in [-0.4, -0.2) is 61.7 Å². The van der Waals surface area contributed by atoms with E-state index in [0.717, 1.165) is 51.4 Å². The minimum atomic E-state index is -3.20. The molecule has 0 bridgehead atoms. The molecule has 0 aromatic heterocycles. The molecule has 172 valence electrons. The molecule has 2 unspecified atom stereocenters.